The lowest BCUT2D eigenvalue weighted by Gasteiger charge is -2.17. The fourth-order valence-corrected chi connectivity index (χ4v) is 3.68. The summed E-state index contributed by atoms with van der Waals surface area (Å²) >= 11 is 0. The van der Waals surface area contributed by atoms with E-state index in [4.69, 9.17) is 9.47 Å². The molecule has 1 saturated carbocycles. The van der Waals surface area contributed by atoms with Crippen molar-refractivity contribution in [1.82, 2.24) is 4.98 Å². The van der Waals surface area contributed by atoms with Crippen LogP contribution in [0, 0.1) is 6.92 Å². The fourth-order valence-electron chi connectivity index (χ4n) is 3.68. The standard InChI is InChI=1S/C23H21NO4/c1-15-17-10-6-7-11-18(17)24-19(20(15)21(25)27-2)14-28-22(26)23(12-13-23)16-8-4-3-5-9-16/h3-11H,12-14H2,1-2H3. The molecule has 0 radical (unpaired) electrons. The average Bonchev–Trinajstić information content (AvgIpc) is 3.54. The van der Waals surface area contributed by atoms with Gasteiger partial charge >= 0.3 is 11.9 Å². The molecule has 0 aliphatic heterocycles. The number of nitrogens with zero attached hydrogens (tertiary/aromatic N) is 1. The number of para-hydroxylation sites is 1. The van der Waals surface area contributed by atoms with E-state index in [0.29, 0.717) is 11.3 Å². The highest BCUT2D eigenvalue weighted by molar-refractivity contribution is 5.98. The lowest BCUT2D eigenvalue weighted by Crippen LogP contribution is -2.24. The minimum absolute atomic E-state index is 0.0659. The maximum Gasteiger partial charge on any atom is 0.340 e. The van der Waals surface area contributed by atoms with Gasteiger partial charge in [-0.05, 0) is 37.0 Å². The van der Waals surface area contributed by atoms with E-state index in [2.05, 4.69) is 4.98 Å². The number of hydrogen-bond acceptors (Lipinski definition) is 5. The molecule has 0 saturated heterocycles. The minimum atomic E-state index is -0.571. The fraction of sp³-hybridized carbons (Fsp3) is 0.261. The van der Waals surface area contributed by atoms with Crippen LogP contribution in [-0.2, 0) is 26.3 Å². The lowest BCUT2D eigenvalue weighted by atomic mass is 9.96. The molecule has 1 heterocycles. The van der Waals surface area contributed by atoms with Gasteiger partial charge in [0.05, 0.1) is 29.3 Å². The number of rotatable bonds is 5. The molecule has 28 heavy (non-hydrogen) atoms. The summed E-state index contributed by atoms with van der Waals surface area (Å²) < 4.78 is 10.6. The maximum atomic E-state index is 12.8. The zero-order valence-electron chi connectivity index (χ0n) is 15.9. The molecule has 5 heteroatoms. The van der Waals surface area contributed by atoms with Crippen molar-refractivity contribution in [2.45, 2.75) is 31.8 Å². The molecule has 2 aromatic carbocycles. The smallest absolute Gasteiger partial charge is 0.340 e. The van der Waals surface area contributed by atoms with Crippen molar-refractivity contribution in [1.29, 1.82) is 0 Å². The van der Waals surface area contributed by atoms with E-state index in [0.717, 1.165) is 34.9 Å². The number of pyridine rings is 1. The van der Waals surface area contributed by atoms with Gasteiger partial charge < -0.3 is 9.47 Å². The van der Waals surface area contributed by atoms with Crippen molar-refractivity contribution >= 4 is 22.8 Å². The highest BCUT2D eigenvalue weighted by Crippen LogP contribution is 2.49. The second kappa shape index (κ2) is 7.08. The van der Waals surface area contributed by atoms with Gasteiger partial charge in [0, 0.05) is 5.39 Å². The van der Waals surface area contributed by atoms with E-state index < -0.39 is 11.4 Å². The Morgan fingerprint density at radius 2 is 1.71 bits per heavy atom. The molecule has 142 valence electrons. The third-order valence-corrected chi connectivity index (χ3v) is 5.42. The number of carbonyl (C=O) groups is 2. The van der Waals surface area contributed by atoms with Crippen molar-refractivity contribution < 1.29 is 19.1 Å². The van der Waals surface area contributed by atoms with E-state index in [9.17, 15) is 9.59 Å². The molecule has 5 nitrogen and oxygen atoms in total. The van der Waals surface area contributed by atoms with Crippen LogP contribution < -0.4 is 0 Å². The predicted octanol–water partition coefficient (Wildman–Crippen LogP) is 4.10. The molecule has 0 bridgehead atoms. The first-order valence-electron chi connectivity index (χ1n) is 9.26. The van der Waals surface area contributed by atoms with Gasteiger partial charge in [-0.3, -0.25) is 4.79 Å². The zero-order chi connectivity index (χ0) is 19.7. The number of hydrogen-bond donors (Lipinski definition) is 0. The molecule has 0 spiro atoms. The summed E-state index contributed by atoms with van der Waals surface area (Å²) in [5.74, 6) is -0.756. The lowest BCUT2D eigenvalue weighted by molar-refractivity contribution is -0.148. The van der Waals surface area contributed by atoms with E-state index >= 15 is 0 Å². The van der Waals surface area contributed by atoms with Crippen molar-refractivity contribution in [3.05, 3.63) is 77.0 Å². The number of esters is 2. The quantitative estimate of drug-likeness (QED) is 0.628. The Kier molecular flexibility index (Phi) is 4.59. The molecule has 1 aromatic heterocycles. The number of carbonyl (C=O) groups excluding carboxylic acids is 2. The molecule has 0 unspecified atom stereocenters. The van der Waals surface area contributed by atoms with Gasteiger partial charge in [0.2, 0.25) is 0 Å². The number of benzene rings is 2. The highest BCUT2D eigenvalue weighted by atomic mass is 16.5. The molecule has 1 aliphatic rings. The van der Waals surface area contributed by atoms with E-state index in [1.165, 1.54) is 7.11 Å². The molecular weight excluding hydrogens is 354 g/mol. The van der Waals surface area contributed by atoms with Crippen LogP contribution in [0.3, 0.4) is 0 Å². The van der Waals surface area contributed by atoms with E-state index in [1.807, 2.05) is 61.5 Å². The number of fused-ring (bicyclic) bond motifs is 1. The Bertz CT molecular complexity index is 1050. The summed E-state index contributed by atoms with van der Waals surface area (Å²) in [4.78, 5) is 29.8. The van der Waals surface area contributed by atoms with Gasteiger partial charge in [-0.25, -0.2) is 9.78 Å². The third-order valence-electron chi connectivity index (χ3n) is 5.42. The molecule has 0 N–H and O–H groups in total. The second-order valence-corrected chi connectivity index (χ2v) is 7.09. The Morgan fingerprint density at radius 3 is 2.39 bits per heavy atom. The topological polar surface area (TPSA) is 65.5 Å². The van der Waals surface area contributed by atoms with Crippen molar-refractivity contribution in [2.24, 2.45) is 0 Å². The number of methoxy groups -OCH3 is 1. The van der Waals surface area contributed by atoms with Crippen LogP contribution in [0.4, 0.5) is 0 Å². The van der Waals surface area contributed by atoms with Crippen LogP contribution in [0.25, 0.3) is 10.9 Å². The van der Waals surface area contributed by atoms with Crippen LogP contribution in [0.1, 0.15) is 40.0 Å². The molecular formula is C23H21NO4. The first-order chi connectivity index (χ1) is 13.6. The predicted molar refractivity (Wildman–Crippen MR) is 105 cm³/mol. The maximum absolute atomic E-state index is 12.8. The van der Waals surface area contributed by atoms with Gasteiger partial charge in [-0.15, -0.1) is 0 Å². The van der Waals surface area contributed by atoms with Gasteiger partial charge in [-0.2, -0.15) is 0 Å². The van der Waals surface area contributed by atoms with Crippen molar-refractivity contribution in [3.8, 4) is 0 Å². The van der Waals surface area contributed by atoms with Crippen LogP contribution in [0.2, 0.25) is 0 Å². The summed E-state index contributed by atoms with van der Waals surface area (Å²) in [6.45, 7) is 1.79. The summed E-state index contributed by atoms with van der Waals surface area (Å²) in [6, 6.07) is 17.2. The van der Waals surface area contributed by atoms with Crippen LogP contribution in [-0.4, -0.2) is 24.0 Å². The molecule has 3 aromatic rings. The van der Waals surface area contributed by atoms with Crippen molar-refractivity contribution in [2.75, 3.05) is 7.11 Å². The first-order valence-corrected chi connectivity index (χ1v) is 9.26. The second-order valence-electron chi connectivity index (χ2n) is 7.09. The Hall–Kier alpha value is -3.21. The van der Waals surface area contributed by atoms with Gasteiger partial charge in [-0.1, -0.05) is 48.5 Å². The van der Waals surface area contributed by atoms with Gasteiger partial charge in [0.1, 0.15) is 6.61 Å². The highest BCUT2D eigenvalue weighted by Gasteiger charge is 2.52. The summed E-state index contributed by atoms with van der Waals surface area (Å²) in [7, 11) is 1.33. The summed E-state index contributed by atoms with van der Waals surface area (Å²) in [5.41, 5.74) is 2.70. The van der Waals surface area contributed by atoms with Crippen LogP contribution >= 0.6 is 0 Å². The summed E-state index contributed by atoms with van der Waals surface area (Å²) in [6.07, 6.45) is 1.54. The third kappa shape index (κ3) is 3.03. The molecule has 4 rings (SSSR count). The molecule has 0 amide bonds. The van der Waals surface area contributed by atoms with Crippen LogP contribution in [0.15, 0.2) is 54.6 Å². The molecule has 1 aliphatic carbocycles. The Morgan fingerprint density at radius 1 is 1.04 bits per heavy atom. The zero-order valence-corrected chi connectivity index (χ0v) is 15.9. The van der Waals surface area contributed by atoms with Gasteiger partial charge in [0.25, 0.3) is 0 Å². The minimum Gasteiger partial charge on any atom is -0.465 e. The molecule has 1 fully saturated rings. The SMILES string of the molecule is COC(=O)c1c(COC(=O)C2(c3ccccc3)CC2)nc2ccccc2c1C. The van der Waals surface area contributed by atoms with E-state index in [1.54, 1.807) is 0 Å². The number of ether oxygens (including phenoxy) is 2. The Balaban J connectivity index is 1.65. The Labute approximate surface area is 163 Å². The number of aromatic nitrogens is 1. The monoisotopic (exact) mass is 375 g/mol. The normalized spacial score (nSPS) is 14.5. The van der Waals surface area contributed by atoms with E-state index in [-0.39, 0.29) is 12.6 Å². The summed E-state index contributed by atoms with van der Waals surface area (Å²) in [5, 5.41) is 0.876. The van der Waals surface area contributed by atoms with Gasteiger partial charge in [0.15, 0.2) is 0 Å². The largest absolute Gasteiger partial charge is 0.465 e. The average molecular weight is 375 g/mol. The number of aryl methyl sites for hydroxylation is 1. The van der Waals surface area contributed by atoms with Crippen molar-refractivity contribution in [3.63, 3.8) is 0 Å². The van der Waals surface area contributed by atoms with Crippen LogP contribution in [0.5, 0.6) is 0 Å². The first kappa shape index (κ1) is 18.2. The molecule has 0 atom stereocenters.